The second kappa shape index (κ2) is 9.61. The van der Waals surface area contributed by atoms with Crippen LogP contribution >= 0.6 is 0 Å². The van der Waals surface area contributed by atoms with Gasteiger partial charge in [0, 0.05) is 13.0 Å². The van der Waals surface area contributed by atoms with Crippen LogP contribution in [-0.4, -0.2) is 34.3 Å². The molecule has 158 valence electrons. The van der Waals surface area contributed by atoms with E-state index in [0.717, 1.165) is 17.5 Å². The van der Waals surface area contributed by atoms with Crippen molar-refractivity contribution in [1.82, 2.24) is 4.90 Å². The van der Waals surface area contributed by atoms with Crippen molar-refractivity contribution in [1.29, 1.82) is 0 Å². The summed E-state index contributed by atoms with van der Waals surface area (Å²) in [6.45, 7) is 6.31. The maximum atomic E-state index is 13.1. The lowest BCUT2D eigenvalue weighted by Crippen LogP contribution is -2.31. The second-order valence-corrected chi connectivity index (χ2v) is 7.81. The summed E-state index contributed by atoms with van der Waals surface area (Å²) in [4.78, 5) is 27.5. The molecule has 1 N–H and O–H groups in total. The van der Waals surface area contributed by atoms with Crippen LogP contribution in [0.25, 0.3) is 0 Å². The molecule has 1 unspecified atom stereocenters. The zero-order valence-corrected chi connectivity index (χ0v) is 17.8. The topological polar surface area (TPSA) is 66.8 Å². The average Bonchev–Trinajstić information content (AvgIpc) is 2.98. The van der Waals surface area contributed by atoms with Crippen molar-refractivity contribution in [3.05, 3.63) is 77.1 Å². The molecule has 5 nitrogen and oxygen atoms in total. The van der Waals surface area contributed by atoms with Crippen molar-refractivity contribution in [2.24, 2.45) is 0 Å². The predicted molar refractivity (Wildman–Crippen MR) is 116 cm³/mol. The summed E-state index contributed by atoms with van der Waals surface area (Å²) in [5, 5.41) is 10.6. The number of ether oxygens (including phenoxy) is 1. The number of carbonyl (C=O) groups excluding carboxylic acids is 2. The molecule has 1 atom stereocenters. The van der Waals surface area contributed by atoms with Crippen LogP contribution in [-0.2, 0) is 16.0 Å². The van der Waals surface area contributed by atoms with Crippen molar-refractivity contribution in [2.45, 2.75) is 52.2 Å². The van der Waals surface area contributed by atoms with Gasteiger partial charge in [0.05, 0.1) is 17.7 Å². The third-order valence-corrected chi connectivity index (χ3v) is 5.10. The molecule has 1 amide bonds. The smallest absolute Gasteiger partial charge is 0.290 e. The minimum atomic E-state index is -0.601. The second-order valence-electron chi connectivity index (χ2n) is 7.81. The summed E-state index contributed by atoms with van der Waals surface area (Å²) < 4.78 is 5.80. The molecule has 0 saturated heterocycles. The molecule has 0 radical (unpaired) electrons. The highest BCUT2D eigenvalue weighted by atomic mass is 16.5. The average molecular weight is 408 g/mol. The Morgan fingerprint density at radius 2 is 1.87 bits per heavy atom. The minimum Gasteiger partial charge on any atom is -0.503 e. The van der Waals surface area contributed by atoms with Crippen LogP contribution in [0.5, 0.6) is 5.75 Å². The number of ketones is 1. The van der Waals surface area contributed by atoms with Crippen LogP contribution in [0.3, 0.4) is 0 Å². The lowest BCUT2D eigenvalue weighted by Gasteiger charge is -2.27. The Kier molecular flexibility index (Phi) is 6.93. The molecule has 2 aromatic rings. The molecule has 1 aliphatic rings. The molecular weight excluding hydrogens is 378 g/mol. The zero-order chi connectivity index (χ0) is 21.7. The molecule has 1 heterocycles. The van der Waals surface area contributed by atoms with Gasteiger partial charge in [-0.2, -0.15) is 0 Å². The number of aliphatic hydroxyl groups is 1. The van der Waals surface area contributed by atoms with Gasteiger partial charge in [-0.05, 0) is 49.9 Å². The number of amides is 1. The molecule has 0 saturated carbocycles. The standard InChI is InChI=1S/C25H29NO4/c1-4-15-26-23(19-11-8-12-20(16-19)30-17(2)3)22(24(28)25(26)29)21(27)14-13-18-9-6-5-7-10-18/h5-12,16-17,23,28H,4,13-15H2,1-3H3. The Morgan fingerprint density at radius 3 is 2.53 bits per heavy atom. The molecule has 30 heavy (non-hydrogen) atoms. The van der Waals surface area contributed by atoms with Crippen molar-refractivity contribution in [3.63, 3.8) is 0 Å². The minimum absolute atomic E-state index is 0.00752. The molecule has 1 aliphatic heterocycles. The van der Waals surface area contributed by atoms with Crippen LogP contribution in [0.1, 0.15) is 50.8 Å². The normalized spacial score (nSPS) is 16.5. The number of nitrogens with zero attached hydrogens (tertiary/aromatic N) is 1. The number of hydrogen-bond donors (Lipinski definition) is 1. The summed E-state index contributed by atoms with van der Waals surface area (Å²) >= 11 is 0. The first-order chi connectivity index (χ1) is 14.4. The van der Waals surface area contributed by atoms with Crippen LogP contribution < -0.4 is 4.74 Å². The third-order valence-electron chi connectivity index (χ3n) is 5.10. The van der Waals surface area contributed by atoms with Crippen LogP contribution in [0.15, 0.2) is 65.9 Å². The summed E-state index contributed by atoms with van der Waals surface area (Å²) in [7, 11) is 0. The van der Waals surface area contributed by atoms with E-state index < -0.39 is 17.7 Å². The summed E-state index contributed by atoms with van der Waals surface area (Å²) in [5.74, 6) is -0.445. The Balaban J connectivity index is 1.92. The van der Waals surface area contributed by atoms with E-state index in [0.29, 0.717) is 18.7 Å². The molecule has 0 aromatic heterocycles. The Bertz CT molecular complexity index is 933. The number of aliphatic hydroxyl groups excluding tert-OH is 1. The van der Waals surface area contributed by atoms with Gasteiger partial charge in [-0.3, -0.25) is 9.59 Å². The quantitative estimate of drug-likeness (QED) is 0.650. The Labute approximate surface area is 178 Å². The van der Waals surface area contributed by atoms with E-state index in [-0.39, 0.29) is 23.9 Å². The first kappa shape index (κ1) is 21.6. The number of benzene rings is 2. The summed E-state index contributed by atoms with van der Waals surface area (Å²) in [6.07, 6.45) is 1.52. The van der Waals surface area contributed by atoms with Gasteiger partial charge in [0.1, 0.15) is 5.75 Å². The molecule has 2 aromatic carbocycles. The van der Waals surface area contributed by atoms with Crippen molar-refractivity contribution in [2.75, 3.05) is 6.54 Å². The number of Topliss-reactive ketones (excluding diaryl/α,β-unsaturated/α-hetero) is 1. The monoisotopic (exact) mass is 407 g/mol. The maximum Gasteiger partial charge on any atom is 0.290 e. The zero-order valence-electron chi connectivity index (χ0n) is 17.8. The largest absolute Gasteiger partial charge is 0.503 e. The van der Waals surface area contributed by atoms with Gasteiger partial charge in [0.15, 0.2) is 11.5 Å². The number of hydrogen-bond acceptors (Lipinski definition) is 4. The first-order valence-corrected chi connectivity index (χ1v) is 10.5. The van der Waals surface area contributed by atoms with Gasteiger partial charge in [-0.25, -0.2) is 0 Å². The highest BCUT2D eigenvalue weighted by molar-refractivity contribution is 6.09. The van der Waals surface area contributed by atoms with Crippen LogP contribution in [0, 0.1) is 0 Å². The molecule has 5 heteroatoms. The molecule has 0 bridgehead atoms. The van der Waals surface area contributed by atoms with E-state index in [1.54, 1.807) is 4.90 Å². The van der Waals surface area contributed by atoms with Crippen LogP contribution in [0.2, 0.25) is 0 Å². The fraction of sp³-hybridized carbons (Fsp3) is 0.360. The summed E-state index contributed by atoms with van der Waals surface area (Å²) in [6, 6.07) is 16.6. The summed E-state index contributed by atoms with van der Waals surface area (Å²) in [5.41, 5.74) is 2.00. The van der Waals surface area contributed by atoms with Gasteiger partial charge in [0.2, 0.25) is 0 Å². The highest BCUT2D eigenvalue weighted by Crippen LogP contribution is 2.39. The van der Waals surface area contributed by atoms with Gasteiger partial charge < -0.3 is 14.7 Å². The highest BCUT2D eigenvalue weighted by Gasteiger charge is 2.42. The van der Waals surface area contributed by atoms with E-state index >= 15 is 0 Å². The fourth-order valence-electron chi connectivity index (χ4n) is 3.82. The van der Waals surface area contributed by atoms with E-state index in [1.165, 1.54) is 0 Å². The number of aryl methyl sites for hydroxylation is 1. The van der Waals surface area contributed by atoms with Gasteiger partial charge in [-0.1, -0.05) is 49.4 Å². The van der Waals surface area contributed by atoms with E-state index in [1.807, 2.05) is 75.4 Å². The molecular formula is C25H29NO4. The molecule has 0 aliphatic carbocycles. The number of rotatable bonds is 9. The Hall–Kier alpha value is -3.08. The maximum absolute atomic E-state index is 13.1. The first-order valence-electron chi connectivity index (χ1n) is 10.5. The molecule has 0 fully saturated rings. The van der Waals surface area contributed by atoms with Crippen LogP contribution in [0.4, 0.5) is 0 Å². The lowest BCUT2D eigenvalue weighted by molar-refractivity contribution is -0.129. The Morgan fingerprint density at radius 1 is 1.13 bits per heavy atom. The third kappa shape index (κ3) is 4.73. The van der Waals surface area contributed by atoms with Crippen molar-refractivity contribution < 1.29 is 19.4 Å². The van der Waals surface area contributed by atoms with E-state index in [4.69, 9.17) is 4.74 Å². The van der Waals surface area contributed by atoms with Gasteiger partial charge in [0.25, 0.3) is 5.91 Å². The van der Waals surface area contributed by atoms with E-state index in [2.05, 4.69) is 0 Å². The number of carbonyl (C=O) groups is 2. The SMILES string of the molecule is CCCN1C(=O)C(O)=C(C(=O)CCc2ccccc2)C1c1cccc(OC(C)C)c1. The van der Waals surface area contributed by atoms with Crippen molar-refractivity contribution >= 4 is 11.7 Å². The van der Waals surface area contributed by atoms with Gasteiger partial charge >= 0.3 is 0 Å². The predicted octanol–water partition coefficient (Wildman–Crippen LogP) is 4.78. The molecule has 3 rings (SSSR count). The fourth-order valence-corrected chi connectivity index (χ4v) is 3.82. The molecule has 0 spiro atoms. The van der Waals surface area contributed by atoms with E-state index in [9.17, 15) is 14.7 Å². The van der Waals surface area contributed by atoms with Crippen molar-refractivity contribution in [3.8, 4) is 5.75 Å². The lowest BCUT2D eigenvalue weighted by atomic mass is 9.93. The van der Waals surface area contributed by atoms with Gasteiger partial charge in [-0.15, -0.1) is 0 Å².